The fourth-order valence-corrected chi connectivity index (χ4v) is 3.10. The fourth-order valence-electron chi connectivity index (χ4n) is 2.57. The topological polar surface area (TPSA) is 81.7 Å². The second-order valence-electron chi connectivity index (χ2n) is 5.42. The highest BCUT2D eigenvalue weighted by molar-refractivity contribution is 6.36. The molecule has 0 bridgehead atoms. The number of benzene rings is 1. The molecular formula is C15H19Cl2N3O3. The molecule has 0 aromatic heterocycles. The number of carbonyl (C=O) groups excluding carboxylic acids is 1. The van der Waals surface area contributed by atoms with Crippen molar-refractivity contribution >= 4 is 40.9 Å². The van der Waals surface area contributed by atoms with E-state index in [1.54, 1.807) is 12.1 Å². The lowest BCUT2D eigenvalue weighted by Gasteiger charge is -2.35. The number of carboxylic acids is 1. The van der Waals surface area contributed by atoms with Crippen molar-refractivity contribution < 1.29 is 14.7 Å². The van der Waals surface area contributed by atoms with Crippen LogP contribution in [0.3, 0.4) is 0 Å². The number of urea groups is 1. The van der Waals surface area contributed by atoms with Gasteiger partial charge in [-0.3, -0.25) is 4.79 Å². The van der Waals surface area contributed by atoms with Crippen LogP contribution in [0.15, 0.2) is 18.2 Å². The zero-order valence-electron chi connectivity index (χ0n) is 12.5. The Balaban J connectivity index is 1.88. The molecule has 2 rings (SSSR count). The van der Waals surface area contributed by atoms with Crippen LogP contribution < -0.4 is 15.5 Å². The van der Waals surface area contributed by atoms with Gasteiger partial charge in [0.15, 0.2) is 0 Å². The SMILES string of the molecule is O=C(O)CCNC(=O)NC1CCCN(c2ccc(Cl)cc2Cl)C1. The molecule has 3 N–H and O–H groups in total. The number of nitrogens with zero attached hydrogens (tertiary/aromatic N) is 1. The number of anilines is 1. The van der Waals surface area contributed by atoms with Gasteiger partial charge in [0, 0.05) is 30.7 Å². The van der Waals surface area contributed by atoms with Crippen molar-refractivity contribution in [1.82, 2.24) is 10.6 Å². The van der Waals surface area contributed by atoms with Crippen LogP contribution in [0.2, 0.25) is 10.0 Å². The molecule has 126 valence electrons. The van der Waals surface area contributed by atoms with Gasteiger partial charge < -0.3 is 20.6 Å². The molecule has 0 aliphatic carbocycles. The van der Waals surface area contributed by atoms with Gasteiger partial charge in [-0.15, -0.1) is 0 Å². The van der Waals surface area contributed by atoms with Crippen molar-refractivity contribution in [2.75, 3.05) is 24.5 Å². The monoisotopic (exact) mass is 359 g/mol. The van der Waals surface area contributed by atoms with Crippen LogP contribution in [0.4, 0.5) is 10.5 Å². The first kappa shape index (κ1) is 17.7. The van der Waals surface area contributed by atoms with Crippen molar-refractivity contribution in [3.05, 3.63) is 28.2 Å². The van der Waals surface area contributed by atoms with Crippen LogP contribution in [0.1, 0.15) is 19.3 Å². The standard InChI is InChI=1S/C15H19Cl2N3O3/c16-10-3-4-13(12(17)8-10)20-7-1-2-11(9-20)19-15(23)18-6-5-14(21)22/h3-4,8,11H,1-2,5-7,9H2,(H,21,22)(H2,18,19,23). The van der Waals surface area contributed by atoms with Crippen LogP contribution in [0.25, 0.3) is 0 Å². The van der Waals surface area contributed by atoms with Gasteiger partial charge in [-0.2, -0.15) is 0 Å². The van der Waals surface area contributed by atoms with Crippen LogP contribution in [0.5, 0.6) is 0 Å². The summed E-state index contributed by atoms with van der Waals surface area (Å²) in [5, 5.41) is 15.1. The first-order valence-electron chi connectivity index (χ1n) is 7.42. The molecule has 0 saturated carbocycles. The van der Waals surface area contributed by atoms with Gasteiger partial charge in [0.25, 0.3) is 0 Å². The molecule has 1 aliphatic rings. The fraction of sp³-hybridized carbons (Fsp3) is 0.467. The van der Waals surface area contributed by atoms with E-state index in [0.717, 1.165) is 25.1 Å². The summed E-state index contributed by atoms with van der Waals surface area (Å²) in [6, 6.07) is 5.01. The molecule has 1 saturated heterocycles. The Hall–Kier alpha value is -1.66. The van der Waals surface area contributed by atoms with Gasteiger partial charge in [0.2, 0.25) is 0 Å². The minimum Gasteiger partial charge on any atom is -0.481 e. The highest BCUT2D eigenvalue weighted by atomic mass is 35.5. The predicted molar refractivity (Wildman–Crippen MR) is 90.5 cm³/mol. The zero-order chi connectivity index (χ0) is 16.8. The molecular weight excluding hydrogens is 341 g/mol. The molecule has 1 unspecified atom stereocenters. The second-order valence-corrected chi connectivity index (χ2v) is 6.27. The molecule has 1 atom stereocenters. The van der Waals surface area contributed by atoms with Gasteiger partial charge >= 0.3 is 12.0 Å². The van der Waals surface area contributed by atoms with Crippen LogP contribution in [-0.4, -0.2) is 42.8 Å². The van der Waals surface area contributed by atoms with Gasteiger partial charge in [0.05, 0.1) is 17.1 Å². The first-order valence-corrected chi connectivity index (χ1v) is 8.17. The maximum atomic E-state index is 11.8. The Morgan fingerprint density at radius 2 is 2.13 bits per heavy atom. The number of nitrogens with one attached hydrogen (secondary N) is 2. The number of carbonyl (C=O) groups is 2. The average molecular weight is 360 g/mol. The zero-order valence-corrected chi connectivity index (χ0v) is 14.0. The molecule has 6 nitrogen and oxygen atoms in total. The summed E-state index contributed by atoms with van der Waals surface area (Å²) in [7, 11) is 0. The van der Waals surface area contributed by atoms with Crippen molar-refractivity contribution in [2.45, 2.75) is 25.3 Å². The predicted octanol–water partition coefficient (Wildman–Crippen LogP) is 2.74. The minimum absolute atomic E-state index is 0.0136. The number of rotatable bonds is 5. The summed E-state index contributed by atoms with van der Waals surface area (Å²) in [5.41, 5.74) is 0.897. The van der Waals surface area contributed by atoms with Crippen molar-refractivity contribution in [1.29, 1.82) is 0 Å². The molecule has 1 aromatic rings. The second kappa shape index (κ2) is 8.26. The maximum absolute atomic E-state index is 11.8. The molecule has 0 radical (unpaired) electrons. The summed E-state index contributed by atoms with van der Waals surface area (Å²) >= 11 is 12.1. The molecule has 0 spiro atoms. The quantitative estimate of drug-likeness (QED) is 0.754. The summed E-state index contributed by atoms with van der Waals surface area (Å²) in [4.78, 5) is 24.3. The Morgan fingerprint density at radius 1 is 1.35 bits per heavy atom. The Morgan fingerprint density at radius 3 is 2.83 bits per heavy atom. The largest absolute Gasteiger partial charge is 0.481 e. The lowest BCUT2D eigenvalue weighted by Crippen LogP contribution is -2.50. The summed E-state index contributed by atoms with van der Waals surface area (Å²) < 4.78 is 0. The maximum Gasteiger partial charge on any atom is 0.315 e. The van der Waals surface area contributed by atoms with Crippen LogP contribution >= 0.6 is 23.2 Å². The van der Waals surface area contributed by atoms with Gasteiger partial charge in [-0.05, 0) is 31.0 Å². The normalized spacial score (nSPS) is 17.7. The third-order valence-electron chi connectivity index (χ3n) is 3.63. The highest BCUT2D eigenvalue weighted by Crippen LogP contribution is 2.30. The third-order valence-corrected chi connectivity index (χ3v) is 4.17. The minimum atomic E-state index is -0.938. The number of halogens is 2. The Labute approximate surface area is 144 Å². The van der Waals surface area contributed by atoms with E-state index in [-0.39, 0.29) is 25.0 Å². The lowest BCUT2D eigenvalue weighted by atomic mass is 10.0. The number of carboxylic acid groups (broad SMARTS) is 1. The number of piperidine rings is 1. The van der Waals surface area contributed by atoms with Crippen molar-refractivity contribution in [2.24, 2.45) is 0 Å². The Kier molecular flexibility index (Phi) is 6.36. The van der Waals surface area contributed by atoms with E-state index >= 15 is 0 Å². The summed E-state index contributed by atoms with van der Waals surface area (Å²) in [6.45, 7) is 1.62. The van der Waals surface area contributed by atoms with E-state index in [2.05, 4.69) is 15.5 Å². The Bertz CT molecular complexity index is 583. The van der Waals surface area contributed by atoms with Gasteiger partial charge in [0.1, 0.15) is 0 Å². The van der Waals surface area contributed by atoms with E-state index in [4.69, 9.17) is 28.3 Å². The van der Waals surface area contributed by atoms with Crippen molar-refractivity contribution in [3.63, 3.8) is 0 Å². The van der Waals surface area contributed by atoms with E-state index in [9.17, 15) is 9.59 Å². The van der Waals surface area contributed by atoms with Crippen LogP contribution in [-0.2, 0) is 4.79 Å². The molecule has 1 heterocycles. The van der Waals surface area contributed by atoms with E-state index < -0.39 is 5.97 Å². The highest BCUT2D eigenvalue weighted by Gasteiger charge is 2.23. The average Bonchev–Trinajstić information content (AvgIpc) is 2.47. The summed E-state index contributed by atoms with van der Waals surface area (Å²) in [6.07, 6.45) is 1.71. The van der Waals surface area contributed by atoms with Crippen LogP contribution in [0, 0.1) is 0 Å². The molecule has 1 aliphatic heterocycles. The molecule has 23 heavy (non-hydrogen) atoms. The summed E-state index contributed by atoms with van der Waals surface area (Å²) in [5.74, 6) is -0.938. The van der Waals surface area contributed by atoms with E-state index in [0.29, 0.717) is 16.6 Å². The number of aliphatic carboxylic acids is 1. The number of amides is 2. The third kappa shape index (κ3) is 5.48. The first-order chi connectivity index (χ1) is 11.0. The molecule has 1 aromatic carbocycles. The molecule has 2 amide bonds. The molecule has 8 heteroatoms. The van der Waals surface area contributed by atoms with E-state index in [1.807, 2.05) is 6.07 Å². The van der Waals surface area contributed by atoms with Crippen molar-refractivity contribution in [3.8, 4) is 0 Å². The molecule has 1 fully saturated rings. The lowest BCUT2D eigenvalue weighted by molar-refractivity contribution is -0.136. The smallest absolute Gasteiger partial charge is 0.315 e. The van der Waals surface area contributed by atoms with E-state index in [1.165, 1.54) is 0 Å². The van der Waals surface area contributed by atoms with Gasteiger partial charge in [-0.1, -0.05) is 23.2 Å². The number of hydrogen-bond acceptors (Lipinski definition) is 3. The van der Waals surface area contributed by atoms with Gasteiger partial charge in [-0.25, -0.2) is 4.79 Å². The number of hydrogen-bond donors (Lipinski definition) is 3.